The number of rotatable bonds is 8. The number of nitrogens with one attached hydrogen (secondary N) is 1. The van der Waals surface area contributed by atoms with Gasteiger partial charge in [-0.05, 0) is 37.6 Å². The highest BCUT2D eigenvalue weighted by Gasteiger charge is 2.15. The second kappa shape index (κ2) is 8.97. The molecule has 2 aromatic rings. The van der Waals surface area contributed by atoms with E-state index in [9.17, 15) is 4.79 Å². The van der Waals surface area contributed by atoms with Gasteiger partial charge in [0.2, 0.25) is 0 Å². The van der Waals surface area contributed by atoms with Crippen LogP contribution in [0.2, 0.25) is 0 Å². The van der Waals surface area contributed by atoms with E-state index in [1.807, 2.05) is 0 Å². The van der Waals surface area contributed by atoms with E-state index < -0.39 is 0 Å². The molecule has 0 spiro atoms. The summed E-state index contributed by atoms with van der Waals surface area (Å²) in [7, 11) is 5.14. The lowest BCUT2D eigenvalue weighted by Crippen LogP contribution is -2.28. The topological polar surface area (TPSA) is 50.8 Å². The predicted molar refractivity (Wildman–Crippen MR) is 101 cm³/mol. The Morgan fingerprint density at radius 1 is 1.08 bits per heavy atom. The van der Waals surface area contributed by atoms with Crippen molar-refractivity contribution in [2.45, 2.75) is 13.3 Å². The maximum absolute atomic E-state index is 12.4. The van der Waals surface area contributed by atoms with E-state index >= 15 is 0 Å². The largest absolute Gasteiger partial charge is 0.493 e. The molecule has 0 atom stereocenters. The van der Waals surface area contributed by atoms with Gasteiger partial charge < -0.3 is 19.7 Å². The van der Waals surface area contributed by atoms with Crippen LogP contribution in [0.4, 0.5) is 5.69 Å². The number of hydrogen-bond acceptors (Lipinski definition) is 4. The smallest absolute Gasteiger partial charge is 0.255 e. The maximum Gasteiger partial charge on any atom is 0.255 e. The molecule has 5 heteroatoms. The number of amides is 1. The Hall–Kier alpha value is -2.69. The van der Waals surface area contributed by atoms with Crippen molar-refractivity contribution in [1.82, 2.24) is 5.32 Å². The second-order valence-electron chi connectivity index (χ2n) is 5.91. The van der Waals surface area contributed by atoms with Gasteiger partial charge in [0, 0.05) is 25.8 Å². The van der Waals surface area contributed by atoms with Gasteiger partial charge in [0.15, 0.2) is 11.5 Å². The first-order valence-corrected chi connectivity index (χ1v) is 8.33. The zero-order valence-electron chi connectivity index (χ0n) is 15.3. The molecule has 0 saturated carbocycles. The Morgan fingerprint density at radius 2 is 1.80 bits per heavy atom. The summed E-state index contributed by atoms with van der Waals surface area (Å²) in [6, 6.07) is 13.7. The van der Waals surface area contributed by atoms with Gasteiger partial charge in [0.05, 0.1) is 19.8 Å². The minimum absolute atomic E-state index is 0.159. The molecule has 134 valence electrons. The lowest BCUT2D eigenvalue weighted by atomic mass is 10.1. The van der Waals surface area contributed by atoms with Crippen molar-refractivity contribution in [2.75, 3.05) is 39.3 Å². The SMILES string of the molecule is COc1cccc(C(=O)NCCCN(C)c2ccc(C)cc2)c1OC. The first-order chi connectivity index (χ1) is 12.1. The summed E-state index contributed by atoms with van der Waals surface area (Å²) in [4.78, 5) is 14.6. The highest BCUT2D eigenvalue weighted by molar-refractivity contribution is 5.97. The lowest BCUT2D eigenvalue weighted by molar-refractivity contribution is 0.0949. The molecule has 0 saturated heterocycles. The maximum atomic E-state index is 12.4. The molecule has 0 aromatic heterocycles. The third-order valence-electron chi connectivity index (χ3n) is 4.08. The third kappa shape index (κ3) is 4.89. The molecular formula is C20H26N2O3. The van der Waals surface area contributed by atoms with Crippen LogP contribution in [0.1, 0.15) is 22.3 Å². The van der Waals surface area contributed by atoms with Crippen LogP contribution >= 0.6 is 0 Å². The zero-order valence-corrected chi connectivity index (χ0v) is 15.3. The van der Waals surface area contributed by atoms with E-state index in [0.717, 1.165) is 13.0 Å². The van der Waals surface area contributed by atoms with Crippen LogP contribution in [0, 0.1) is 6.92 Å². The van der Waals surface area contributed by atoms with Gasteiger partial charge in [-0.15, -0.1) is 0 Å². The second-order valence-corrected chi connectivity index (χ2v) is 5.91. The van der Waals surface area contributed by atoms with Crippen molar-refractivity contribution in [2.24, 2.45) is 0 Å². The number of aryl methyl sites for hydroxylation is 1. The number of benzene rings is 2. The van der Waals surface area contributed by atoms with Gasteiger partial charge in [-0.1, -0.05) is 23.8 Å². The van der Waals surface area contributed by atoms with Crippen LogP contribution in [0.5, 0.6) is 11.5 Å². The van der Waals surface area contributed by atoms with Gasteiger partial charge in [0.25, 0.3) is 5.91 Å². The first kappa shape index (κ1) is 18.6. The van der Waals surface area contributed by atoms with E-state index in [4.69, 9.17) is 9.47 Å². The van der Waals surface area contributed by atoms with Gasteiger partial charge in [-0.3, -0.25) is 4.79 Å². The molecule has 25 heavy (non-hydrogen) atoms. The number of methoxy groups -OCH3 is 2. The van der Waals surface area contributed by atoms with E-state index in [-0.39, 0.29) is 5.91 Å². The number of anilines is 1. The molecule has 0 aliphatic rings. The van der Waals surface area contributed by atoms with E-state index in [0.29, 0.717) is 23.6 Å². The summed E-state index contributed by atoms with van der Waals surface area (Å²) in [5.74, 6) is 0.849. The molecule has 1 N–H and O–H groups in total. The van der Waals surface area contributed by atoms with Crippen LogP contribution in [0.25, 0.3) is 0 Å². The molecule has 1 amide bonds. The molecule has 0 radical (unpaired) electrons. The number of ether oxygens (including phenoxy) is 2. The molecule has 0 aliphatic carbocycles. The fourth-order valence-corrected chi connectivity index (χ4v) is 2.61. The van der Waals surface area contributed by atoms with Gasteiger partial charge in [0.1, 0.15) is 0 Å². The lowest BCUT2D eigenvalue weighted by Gasteiger charge is -2.19. The molecular weight excluding hydrogens is 316 g/mol. The predicted octanol–water partition coefficient (Wildman–Crippen LogP) is 3.27. The molecule has 2 rings (SSSR count). The van der Waals surface area contributed by atoms with E-state index in [1.54, 1.807) is 25.3 Å². The van der Waals surface area contributed by atoms with Crippen molar-refractivity contribution in [3.63, 3.8) is 0 Å². The van der Waals surface area contributed by atoms with Crippen molar-refractivity contribution in [1.29, 1.82) is 0 Å². The molecule has 0 fully saturated rings. The Kier molecular flexibility index (Phi) is 6.69. The van der Waals surface area contributed by atoms with Gasteiger partial charge in [-0.2, -0.15) is 0 Å². The Balaban J connectivity index is 1.85. The quantitative estimate of drug-likeness (QED) is 0.748. The standard InChI is InChI=1S/C20H26N2O3/c1-15-9-11-16(12-10-15)22(2)14-6-13-21-20(23)17-7-5-8-18(24-3)19(17)25-4/h5,7-12H,6,13-14H2,1-4H3,(H,21,23). The molecule has 0 heterocycles. The van der Waals surface area contributed by atoms with Gasteiger partial charge >= 0.3 is 0 Å². The van der Waals surface area contributed by atoms with Crippen LogP contribution in [0.3, 0.4) is 0 Å². The number of nitrogens with zero attached hydrogens (tertiary/aromatic N) is 1. The summed E-state index contributed by atoms with van der Waals surface area (Å²) in [5, 5.41) is 2.94. The third-order valence-corrected chi connectivity index (χ3v) is 4.08. The fourth-order valence-electron chi connectivity index (χ4n) is 2.61. The molecule has 2 aromatic carbocycles. The first-order valence-electron chi connectivity index (χ1n) is 8.33. The summed E-state index contributed by atoms with van der Waals surface area (Å²) in [6.45, 7) is 3.53. The van der Waals surface area contributed by atoms with Crippen LogP contribution in [-0.2, 0) is 0 Å². The number of hydrogen-bond donors (Lipinski definition) is 1. The minimum Gasteiger partial charge on any atom is -0.493 e. The number of carbonyl (C=O) groups is 1. The van der Waals surface area contributed by atoms with E-state index in [2.05, 4.69) is 48.5 Å². The average molecular weight is 342 g/mol. The summed E-state index contributed by atoms with van der Waals surface area (Å²) >= 11 is 0. The fraction of sp³-hybridized carbons (Fsp3) is 0.350. The monoisotopic (exact) mass is 342 g/mol. The zero-order chi connectivity index (χ0) is 18.2. The normalized spacial score (nSPS) is 10.2. The molecule has 0 aliphatic heterocycles. The summed E-state index contributed by atoms with van der Waals surface area (Å²) in [6.07, 6.45) is 0.850. The molecule has 5 nitrogen and oxygen atoms in total. The number of para-hydroxylation sites is 1. The van der Waals surface area contributed by atoms with Crippen LogP contribution in [0.15, 0.2) is 42.5 Å². The van der Waals surface area contributed by atoms with Crippen molar-refractivity contribution >= 4 is 11.6 Å². The van der Waals surface area contributed by atoms with Crippen LogP contribution < -0.4 is 19.7 Å². The molecule has 0 unspecified atom stereocenters. The minimum atomic E-state index is -0.159. The van der Waals surface area contributed by atoms with Crippen molar-refractivity contribution in [3.8, 4) is 11.5 Å². The average Bonchev–Trinajstić information content (AvgIpc) is 2.64. The Bertz CT molecular complexity index is 699. The van der Waals surface area contributed by atoms with Crippen molar-refractivity contribution < 1.29 is 14.3 Å². The summed E-state index contributed by atoms with van der Waals surface area (Å²) in [5.41, 5.74) is 2.90. The molecule has 0 bridgehead atoms. The Labute approximate surface area is 149 Å². The summed E-state index contributed by atoms with van der Waals surface area (Å²) < 4.78 is 10.5. The van der Waals surface area contributed by atoms with E-state index in [1.165, 1.54) is 18.4 Å². The van der Waals surface area contributed by atoms with Crippen molar-refractivity contribution in [3.05, 3.63) is 53.6 Å². The highest BCUT2D eigenvalue weighted by atomic mass is 16.5. The highest BCUT2D eigenvalue weighted by Crippen LogP contribution is 2.30. The number of carbonyl (C=O) groups excluding carboxylic acids is 1. The van der Waals surface area contributed by atoms with Gasteiger partial charge in [-0.25, -0.2) is 0 Å². The Morgan fingerprint density at radius 3 is 2.44 bits per heavy atom. The van der Waals surface area contributed by atoms with Crippen LogP contribution in [-0.4, -0.2) is 40.3 Å².